The van der Waals surface area contributed by atoms with Crippen LogP contribution in [0.1, 0.15) is 26.7 Å². The lowest BCUT2D eigenvalue weighted by atomic mass is 9.85. The molecular weight excluding hydrogens is 270 g/mol. The fourth-order valence-electron chi connectivity index (χ4n) is 4.19. The largest absolute Gasteiger partial charge is 0.481 e. The third-order valence-electron chi connectivity index (χ3n) is 5.07. The van der Waals surface area contributed by atoms with Crippen LogP contribution in [-0.4, -0.2) is 34.3 Å². The summed E-state index contributed by atoms with van der Waals surface area (Å²) in [5.41, 5.74) is 0. The Bertz CT molecular complexity index is 494. The number of amides is 2. The van der Waals surface area contributed by atoms with Crippen molar-refractivity contribution in [2.24, 2.45) is 35.5 Å². The van der Waals surface area contributed by atoms with Crippen LogP contribution in [0.3, 0.4) is 0 Å². The van der Waals surface area contributed by atoms with Gasteiger partial charge in [-0.2, -0.15) is 0 Å². The minimum atomic E-state index is -0.928. The molecule has 0 spiro atoms. The molecule has 2 bridgehead atoms. The van der Waals surface area contributed by atoms with E-state index in [4.69, 9.17) is 0 Å². The number of carbonyl (C=O) groups is 3. The highest BCUT2D eigenvalue weighted by Gasteiger charge is 2.59. The zero-order chi connectivity index (χ0) is 15.3. The van der Waals surface area contributed by atoms with E-state index in [2.05, 4.69) is 0 Å². The van der Waals surface area contributed by atoms with Crippen molar-refractivity contribution in [2.75, 3.05) is 6.54 Å². The molecule has 5 atom stereocenters. The van der Waals surface area contributed by atoms with Gasteiger partial charge in [-0.05, 0) is 30.6 Å². The molecule has 2 fully saturated rings. The number of likely N-dealkylation sites (tertiary alicyclic amines) is 1. The molecule has 0 radical (unpaired) electrons. The fourth-order valence-corrected chi connectivity index (χ4v) is 4.19. The quantitative estimate of drug-likeness (QED) is 0.616. The lowest BCUT2D eigenvalue weighted by Gasteiger charge is -2.22. The lowest BCUT2D eigenvalue weighted by molar-refractivity contribution is -0.146. The van der Waals surface area contributed by atoms with Gasteiger partial charge in [-0.15, -0.1) is 0 Å². The highest BCUT2D eigenvalue weighted by Crippen LogP contribution is 2.52. The number of hydrogen-bond acceptors (Lipinski definition) is 3. The molecule has 2 amide bonds. The molecule has 0 aromatic carbocycles. The van der Waals surface area contributed by atoms with Gasteiger partial charge < -0.3 is 5.11 Å². The van der Waals surface area contributed by atoms with Gasteiger partial charge in [0.05, 0.1) is 17.8 Å². The summed E-state index contributed by atoms with van der Waals surface area (Å²) in [4.78, 5) is 37.6. The van der Waals surface area contributed by atoms with E-state index in [0.29, 0.717) is 6.42 Å². The number of imide groups is 1. The van der Waals surface area contributed by atoms with Crippen LogP contribution in [-0.2, 0) is 14.4 Å². The Hall–Kier alpha value is -1.65. The second-order valence-electron chi connectivity index (χ2n) is 6.95. The number of hydrogen-bond donors (Lipinski definition) is 1. The summed E-state index contributed by atoms with van der Waals surface area (Å²) in [6.07, 6.45) is 5.47. The molecule has 5 heteroatoms. The standard InChI is InChI=1S/C16H21NO4/c1-8(2)5-11(16(20)21)7-17-14(18)12-9-3-4-10(6-9)13(12)15(17)19/h3-4,8-13H,5-7H2,1-2H3,(H,20,21). The van der Waals surface area contributed by atoms with Crippen LogP contribution in [0.4, 0.5) is 0 Å². The molecular formula is C16H21NO4. The maximum Gasteiger partial charge on any atom is 0.308 e. The summed E-state index contributed by atoms with van der Waals surface area (Å²) in [5, 5.41) is 9.31. The van der Waals surface area contributed by atoms with E-state index in [-0.39, 0.29) is 47.9 Å². The van der Waals surface area contributed by atoms with Crippen molar-refractivity contribution < 1.29 is 19.5 Å². The Morgan fingerprint density at radius 3 is 2.19 bits per heavy atom. The minimum absolute atomic E-state index is 0.0254. The summed E-state index contributed by atoms with van der Waals surface area (Å²) in [6, 6.07) is 0. The smallest absolute Gasteiger partial charge is 0.308 e. The Balaban J connectivity index is 1.76. The third-order valence-corrected chi connectivity index (χ3v) is 5.07. The molecule has 114 valence electrons. The first kappa shape index (κ1) is 14.3. The molecule has 5 nitrogen and oxygen atoms in total. The number of fused-ring (bicyclic) bond motifs is 5. The van der Waals surface area contributed by atoms with Gasteiger partial charge in [0.2, 0.25) is 11.8 Å². The van der Waals surface area contributed by atoms with Gasteiger partial charge in [0, 0.05) is 6.54 Å². The molecule has 3 aliphatic rings. The number of carboxylic acid groups (broad SMARTS) is 1. The first-order chi connectivity index (χ1) is 9.90. The van der Waals surface area contributed by atoms with Crippen LogP contribution in [0.5, 0.6) is 0 Å². The van der Waals surface area contributed by atoms with Crippen molar-refractivity contribution in [3.05, 3.63) is 12.2 Å². The summed E-state index contributed by atoms with van der Waals surface area (Å²) in [7, 11) is 0. The maximum absolute atomic E-state index is 12.5. The minimum Gasteiger partial charge on any atom is -0.481 e. The van der Waals surface area contributed by atoms with Crippen LogP contribution in [0.2, 0.25) is 0 Å². The zero-order valence-electron chi connectivity index (χ0n) is 12.4. The van der Waals surface area contributed by atoms with E-state index in [9.17, 15) is 19.5 Å². The maximum atomic E-state index is 12.5. The van der Waals surface area contributed by atoms with Crippen molar-refractivity contribution >= 4 is 17.8 Å². The number of carbonyl (C=O) groups excluding carboxylic acids is 2. The van der Waals surface area contributed by atoms with Crippen LogP contribution in [0, 0.1) is 35.5 Å². The fraction of sp³-hybridized carbons (Fsp3) is 0.688. The molecule has 1 saturated carbocycles. The van der Waals surface area contributed by atoms with Gasteiger partial charge in [0.15, 0.2) is 0 Å². The number of carboxylic acids is 1. The number of allylic oxidation sites excluding steroid dienone is 2. The molecule has 1 N–H and O–H groups in total. The van der Waals surface area contributed by atoms with E-state index < -0.39 is 11.9 Å². The van der Waals surface area contributed by atoms with Crippen molar-refractivity contribution in [3.63, 3.8) is 0 Å². The normalized spacial score (nSPS) is 34.9. The third kappa shape index (κ3) is 2.19. The van der Waals surface area contributed by atoms with Crippen molar-refractivity contribution in [1.82, 2.24) is 4.90 Å². The second kappa shape index (κ2) is 4.97. The van der Waals surface area contributed by atoms with Gasteiger partial charge in [-0.25, -0.2) is 0 Å². The van der Waals surface area contributed by atoms with Crippen molar-refractivity contribution in [1.29, 1.82) is 0 Å². The van der Waals surface area contributed by atoms with Gasteiger partial charge in [-0.3, -0.25) is 19.3 Å². The molecule has 1 saturated heterocycles. The summed E-state index contributed by atoms with van der Waals surface area (Å²) < 4.78 is 0. The van der Waals surface area contributed by atoms with Crippen LogP contribution < -0.4 is 0 Å². The van der Waals surface area contributed by atoms with E-state index in [1.165, 1.54) is 4.90 Å². The number of rotatable bonds is 5. The van der Waals surface area contributed by atoms with Crippen molar-refractivity contribution in [2.45, 2.75) is 26.7 Å². The average molecular weight is 291 g/mol. The Labute approximate surface area is 124 Å². The Morgan fingerprint density at radius 2 is 1.76 bits per heavy atom. The Kier molecular flexibility index (Phi) is 3.38. The van der Waals surface area contributed by atoms with Gasteiger partial charge in [0.25, 0.3) is 0 Å². The average Bonchev–Trinajstić information content (AvgIpc) is 3.06. The molecule has 2 aliphatic carbocycles. The Morgan fingerprint density at radius 1 is 1.24 bits per heavy atom. The van der Waals surface area contributed by atoms with E-state index in [0.717, 1.165) is 6.42 Å². The lowest BCUT2D eigenvalue weighted by Crippen LogP contribution is -2.39. The SMILES string of the molecule is CC(C)CC(CN1C(=O)C2C3C=CC(C3)C2C1=O)C(=O)O. The predicted molar refractivity (Wildman–Crippen MR) is 75.0 cm³/mol. The van der Waals surface area contributed by atoms with E-state index in [1.54, 1.807) is 0 Å². The topological polar surface area (TPSA) is 74.7 Å². The number of nitrogens with zero attached hydrogens (tertiary/aromatic N) is 1. The van der Waals surface area contributed by atoms with Gasteiger partial charge in [-0.1, -0.05) is 26.0 Å². The molecule has 21 heavy (non-hydrogen) atoms. The molecule has 5 unspecified atom stereocenters. The van der Waals surface area contributed by atoms with Gasteiger partial charge in [0.1, 0.15) is 0 Å². The summed E-state index contributed by atoms with van der Waals surface area (Å²) in [5.74, 6) is -1.80. The van der Waals surface area contributed by atoms with Crippen LogP contribution in [0.15, 0.2) is 12.2 Å². The molecule has 1 heterocycles. The zero-order valence-corrected chi connectivity index (χ0v) is 12.4. The van der Waals surface area contributed by atoms with Gasteiger partial charge >= 0.3 is 5.97 Å². The van der Waals surface area contributed by atoms with E-state index in [1.807, 2.05) is 26.0 Å². The molecule has 0 aromatic heterocycles. The first-order valence-corrected chi connectivity index (χ1v) is 7.66. The second-order valence-corrected chi connectivity index (χ2v) is 6.95. The first-order valence-electron chi connectivity index (χ1n) is 7.66. The van der Waals surface area contributed by atoms with Crippen LogP contribution >= 0.6 is 0 Å². The van der Waals surface area contributed by atoms with E-state index >= 15 is 0 Å². The monoisotopic (exact) mass is 291 g/mol. The molecule has 0 aromatic rings. The highest BCUT2D eigenvalue weighted by atomic mass is 16.4. The predicted octanol–water partition coefficient (Wildman–Crippen LogP) is 1.54. The molecule has 1 aliphatic heterocycles. The summed E-state index contributed by atoms with van der Waals surface area (Å²) >= 11 is 0. The highest BCUT2D eigenvalue weighted by molar-refractivity contribution is 6.06. The van der Waals surface area contributed by atoms with Crippen molar-refractivity contribution in [3.8, 4) is 0 Å². The summed E-state index contributed by atoms with van der Waals surface area (Å²) in [6.45, 7) is 3.92. The molecule has 3 rings (SSSR count). The number of aliphatic carboxylic acids is 1. The van der Waals surface area contributed by atoms with Crippen LogP contribution in [0.25, 0.3) is 0 Å².